The van der Waals surface area contributed by atoms with Crippen LogP contribution in [-0.2, 0) is 25.0 Å². The van der Waals surface area contributed by atoms with Crippen LogP contribution in [0.3, 0.4) is 0 Å². The third kappa shape index (κ3) is 7.61. The maximum atomic E-state index is 13.8. The Hall–Kier alpha value is -3.60. The summed E-state index contributed by atoms with van der Waals surface area (Å²) in [5.74, 6) is 0.638. The highest BCUT2D eigenvalue weighted by molar-refractivity contribution is 7.92. The van der Waals surface area contributed by atoms with Crippen LogP contribution < -0.4 is 19.5 Å². The first kappa shape index (κ1) is 31.3. The SMILES string of the molecule is C/C=C(\C(=O)Nc1cc(C(C)(C)C)cc(NS(C)(=O)=O)c1OC)c1ccc(OCCN2CCOCC2)c2ccccc12. The number of hydrogen-bond donors (Lipinski definition) is 2. The van der Waals surface area contributed by atoms with Gasteiger partial charge in [-0.1, -0.05) is 51.1 Å². The molecule has 10 heteroatoms. The van der Waals surface area contributed by atoms with Gasteiger partial charge in [-0.2, -0.15) is 0 Å². The van der Waals surface area contributed by atoms with E-state index in [9.17, 15) is 13.2 Å². The normalized spacial score (nSPS) is 15.0. The summed E-state index contributed by atoms with van der Waals surface area (Å²) in [6, 6.07) is 15.2. The van der Waals surface area contributed by atoms with Gasteiger partial charge in [-0.25, -0.2) is 8.42 Å². The molecule has 0 bridgehead atoms. The Kier molecular flexibility index (Phi) is 9.81. The Balaban J connectivity index is 1.65. The van der Waals surface area contributed by atoms with Crippen LogP contribution in [0, 0.1) is 0 Å². The lowest BCUT2D eigenvalue weighted by atomic mass is 9.86. The number of ether oxygens (including phenoxy) is 3. The molecule has 2 N–H and O–H groups in total. The lowest BCUT2D eigenvalue weighted by Crippen LogP contribution is -2.38. The van der Waals surface area contributed by atoms with Crippen molar-refractivity contribution >= 4 is 43.7 Å². The van der Waals surface area contributed by atoms with Gasteiger partial charge in [-0.15, -0.1) is 0 Å². The largest absolute Gasteiger partial charge is 0.492 e. The summed E-state index contributed by atoms with van der Waals surface area (Å²) < 4.78 is 44.0. The summed E-state index contributed by atoms with van der Waals surface area (Å²) in [7, 11) is -2.16. The Bertz CT molecular complexity index is 1570. The molecule has 0 atom stereocenters. The minimum Gasteiger partial charge on any atom is -0.492 e. The highest BCUT2D eigenvalue weighted by atomic mass is 32.2. The molecular weight excluding hydrogens is 554 g/mol. The quantitative estimate of drug-likeness (QED) is 0.308. The number of methoxy groups -OCH3 is 1. The number of nitrogens with one attached hydrogen (secondary N) is 2. The van der Waals surface area contributed by atoms with E-state index >= 15 is 0 Å². The van der Waals surface area contributed by atoms with Crippen LogP contribution in [0.2, 0.25) is 0 Å². The average molecular weight is 596 g/mol. The van der Waals surface area contributed by atoms with E-state index in [-0.39, 0.29) is 22.8 Å². The van der Waals surface area contributed by atoms with Gasteiger partial charge in [0.15, 0.2) is 5.75 Å². The lowest BCUT2D eigenvalue weighted by Gasteiger charge is -2.26. The number of nitrogens with zero attached hydrogens (tertiary/aromatic N) is 1. The summed E-state index contributed by atoms with van der Waals surface area (Å²) in [6.07, 6.45) is 2.85. The molecule has 1 aliphatic heterocycles. The van der Waals surface area contributed by atoms with Crippen molar-refractivity contribution in [2.45, 2.75) is 33.1 Å². The molecule has 1 aliphatic rings. The minimum absolute atomic E-state index is 0.228. The minimum atomic E-state index is -3.60. The first-order chi connectivity index (χ1) is 19.9. The number of morpholine rings is 1. The van der Waals surface area contributed by atoms with E-state index in [0.717, 1.165) is 66.8 Å². The summed E-state index contributed by atoms with van der Waals surface area (Å²) >= 11 is 0. The monoisotopic (exact) mass is 595 g/mol. The van der Waals surface area contributed by atoms with Gasteiger partial charge in [-0.05, 0) is 53.1 Å². The maximum Gasteiger partial charge on any atom is 0.256 e. The van der Waals surface area contributed by atoms with Crippen molar-refractivity contribution in [3.63, 3.8) is 0 Å². The third-order valence-corrected chi connectivity index (χ3v) is 7.77. The van der Waals surface area contributed by atoms with Crippen LogP contribution in [0.15, 0.2) is 54.6 Å². The number of anilines is 2. The standard InChI is InChI=1S/C32H41N3O6S/c1-7-23(31(36)33-27-20-22(32(2,3)4)21-28(30(27)39-5)34-42(6,37)38)25-12-13-29(26-11-9-8-10-24(25)26)41-19-16-35-14-17-40-18-15-35/h7-13,20-21,34H,14-19H2,1-6H3,(H,33,36)/b23-7-. The first-order valence-corrected chi connectivity index (χ1v) is 15.9. The van der Waals surface area contributed by atoms with E-state index in [4.69, 9.17) is 14.2 Å². The van der Waals surface area contributed by atoms with Crippen molar-refractivity contribution in [3.05, 3.63) is 65.7 Å². The number of allylic oxidation sites excluding steroid dienone is 1. The smallest absolute Gasteiger partial charge is 0.256 e. The predicted octanol–water partition coefficient (Wildman–Crippen LogP) is 5.27. The van der Waals surface area contributed by atoms with Gasteiger partial charge >= 0.3 is 0 Å². The molecule has 0 aromatic heterocycles. The van der Waals surface area contributed by atoms with Gasteiger partial charge in [0, 0.05) is 30.6 Å². The predicted molar refractivity (Wildman–Crippen MR) is 169 cm³/mol. The number of sulfonamides is 1. The fourth-order valence-corrected chi connectivity index (χ4v) is 5.54. The van der Waals surface area contributed by atoms with Crippen LogP contribution >= 0.6 is 0 Å². The fraction of sp³-hybridized carbons (Fsp3) is 0.406. The Morgan fingerprint density at radius 1 is 1.05 bits per heavy atom. The zero-order valence-corrected chi connectivity index (χ0v) is 26.1. The molecule has 0 aliphatic carbocycles. The zero-order valence-electron chi connectivity index (χ0n) is 25.2. The highest BCUT2D eigenvalue weighted by Crippen LogP contribution is 2.40. The molecule has 0 spiro atoms. The molecule has 3 aromatic rings. The number of fused-ring (bicyclic) bond motifs is 1. The van der Waals surface area contributed by atoms with Crippen molar-refractivity contribution in [2.24, 2.45) is 0 Å². The van der Waals surface area contributed by atoms with E-state index in [0.29, 0.717) is 17.9 Å². The number of carbonyl (C=O) groups is 1. The second-order valence-electron chi connectivity index (χ2n) is 11.3. The summed E-state index contributed by atoms with van der Waals surface area (Å²) in [6.45, 7) is 12.5. The van der Waals surface area contributed by atoms with Crippen molar-refractivity contribution in [3.8, 4) is 11.5 Å². The van der Waals surface area contributed by atoms with Gasteiger partial charge in [0.05, 0.1) is 38.0 Å². The lowest BCUT2D eigenvalue weighted by molar-refractivity contribution is -0.111. The third-order valence-electron chi connectivity index (χ3n) is 7.18. The van der Waals surface area contributed by atoms with Crippen LogP contribution in [0.4, 0.5) is 11.4 Å². The molecule has 226 valence electrons. The Morgan fingerprint density at radius 3 is 2.33 bits per heavy atom. The fourth-order valence-electron chi connectivity index (χ4n) is 4.99. The molecular formula is C32H41N3O6S. The Morgan fingerprint density at radius 2 is 1.71 bits per heavy atom. The number of carbonyl (C=O) groups excluding carboxylic acids is 1. The van der Waals surface area contributed by atoms with Crippen molar-refractivity contribution in [2.75, 3.05) is 62.9 Å². The summed E-state index contributed by atoms with van der Waals surface area (Å²) in [5.41, 5.74) is 2.35. The molecule has 42 heavy (non-hydrogen) atoms. The molecule has 3 aromatic carbocycles. The van der Waals surface area contributed by atoms with Crippen LogP contribution in [0.5, 0.6) is 11.5 Å². The summed E-state index contributed by atoms with van der Waals surface area (Å²) in [4.78, 5) is 16.1. The van der Waals surface area contributed by atoms with Crippen molar-refractivity contribution < 1.29 is 27.4 Å². The van der Waals surface area contributed by atoms with Crippen LogP contribution in [0.1, 0.15) is 38.8 Å². The van der Waals surface area contributed by atoms with Crippen LogP contribution in [0.25, 0.3) is 16.3 Å². The second kappa shape index (κ2) is 13.1. The van der Waals surface area contributed by atoms with Crippen molar-refractivity contribution in [1.82, 2.24) is 4.90 Å². The van der Waals surface area contributed by atoms with Gasteiger partial charge in [0.25, 0.3) is 5.91 Å². The van der Waals surface area contributed by atoms with E-state index < -0.39 is 10.0 Å². The second-order valence-corrected chi connectivity index (χ2v) is 13.1. The van der Waals surface area contributed by atoms with Gasteiger partial charge in [-0.3, -0.25) is 14.4 Å². The first-order valence-electron chi connectivity index (χ1n) is 14.0. The molecule has 1 amide bonds. The Labute approximate surface area is 248 Å². The topological polar surface area (TPSA) is 106 Å². The summed E-state index contributed by atoms with van der Waals surface area (Å²) in [5, 5.41) is 4.79. The molecule has 4 rings (SSSR count). The molecule has 1 fully saturated rings. The number of hydrogen-bond acceptors (Lipinski definition) is 7. The molecule has 9 nitrogen and oxygen atoms in total. The number of amides is 1. The van der Waals surface area contributed by atoms with E-state index in [1.807, 2.05) is 70.2 Å². The average Bonchev–Trinajstić information content (AvgIpc) is 2.93. The van der Waals surface area contributed by atoms with Gasteiger partial charge in [0.1, 0.15) is 12.4 Å². The molecule has 1 saturated heterocycles. The van der Waals surface area contributed by atoms with E-state index in [1.54, 1.807) is 12.1 Å². The number of rotatable bonds is 10. The number of benzene rings is 3. The molecule has 0 saturated carbocycles. The van der Waals surface area contributed by atoms with Gasteiger partial charge < -0.3 is 19.5 Å². The van der Waals surface area contributed by atoms with Crippen molar-refractivity contribution in [1.29, 1.82) is 0 Å². The highest BCUT2D eigenvalue weighted by Gasteiger charge is 2.24. The zero-order chi connectivity index (χ0) is 30.5. The van der Waals surface area contributed by atoms with Crippen LogP contribution in [-0.4, -0.2) is 72.0 Å². The maximum absolute atomic E-state index is 13.8. The van der Waals surface area contributed by atoms with E-state index in [1.165, 1.54) is 7.11 Å². The molecule has 1 heterocycles. The van der Waals surface area contributed by atoms with Gasteiger partial charge in [0.2, 0.25) is 10.0 Å². The van der Waals surface area contributed by atoms with E-state index in [2.05, 4.69) is 14.9 Å². The molecule has 0 radical (unpaired) electrons. The molecule has 0 unspecified atom stereocenters.